The predicted octanol–water partition coefficient (Wildman–Crippen LogP) is 5.70. The fourth-order valence-corrected chi connectivity index (χ4v) is 3.94. The molecule has 7 nitrogen and oxygen atoms in total. The lowest BCUT2D eigenvalue weighted by atomic mass is 10.1. The van der Waals surface area contributed by atoms with Gasteiger partial charge in [0.2, 0.25) is 0 Å². The molecule has 0 atom stereocenters. The molecule has 3 aromatic carbocycles. The molecular formula is C27H23FIN3O4. The normalized spacial score (nSPS) is 10.8. The second-order valence-electron chi connectivity index (χ2n) is 7.55. The minimum atomic E-state index is -0.530. The first-order valence-electron chi connectivity index (χ1n) is 10.9. The molecule has 0 saturated carbocycles. The van der Waals surface area contributed by atoms with Crippen molar-refractivity contribution in [2.45, 2.75) is 13.8 Å². The van der Waals surface area contributed by atoms with Crippen molar-refractivity contribution in [2.75, 3.05) is 23.8 Å². The van der Waals surface area contributed by atoms with Crippen molar-refractivity contribution in [2.24, 2.45) is 0 Å². The van der Waals surface area contributed by atoms with E-state index in [0.717, 1.165) is 5.56 Å². The molecule has 0 saturated heterocycles. The standard InChI is InChI=1S/C27H23FIN3O4/c1-3-35-24-14-18(12-19(15-30)27(34)32-23-7-5-4-6-17(23)2)13-22(29)26(24)36-16-25(33)31-21-10-8-20(28)9-11-21/h4-14H,3,16H2,1-2H3,(H,31,33)(H,32,34)/b19-12-. The zero-order valence-electron chi connectivity index (χ0n) is 19.6. The number of benzene rings is 3. The molecule has 3 rings (SSSR count). The smallest absolute Gasteiger partial charge is 0.266 e. The van der Waals surface area contributed by atoms with Crippen LogP contribution in [-0.2, 0) is 9.59 Å². The average Bonchev–Trinajstić information content (AvgIpc) is 2.85. The van der Waals surface area contributed by atoms with Crippen LogP contribution in [0.5, 0.6) is 11.5 Å². The van der Waals surface area contributed by atoms with E-state index in [9.17, 15) is 19.2 Å². The van der Waals surface area contributed by atoms with Crippen molar-refractivity contribution in [1.29, 1.82) is 5.26 Å². The van der Waals surface area contributed by atoms with Gasteiger partial charge >= 0.3 is 0 Å². The van der Waals surface area contributed by atoms with Gasteiger partial charge in [0.1, 0.15) is 17.5 Å². The van der Waals surface area contributed by atoms with Crippen LogP contribution in [0, 0.1) is 27.6 Å². The second kappa shape index (κ2) is 12.7. The highest BCUT2D eigenvalue weighted by atomic mass is 127. The number of halogens is 2. The van der Waals surface area contributed by atoms with Crippen LogP contribution in [0.15, 0.2) is 66.2 Å². The monoisotopic (exact) mass is 599 g/mol. The van der Waals surface area contributed by atoms with Crippen molar-refractivity contribution < 1.29 is 23.5 Å². The van der Waals surface area contributed by atoms with Gasteiger partial charge in [0.15, 0.2) is 18.1 Å². The van der Waals surface area contributed by atoms with E-state index in [2.05, 4.69) is 10.6 Å². The Morgan fingerprint density at radius 2 is 1.81 bits per heavy atom. The summed E-state index contributed by atoms with van der Waals surface area (Å²) in [6.45, 7) is 3.70. The molecule has 0 spiro atoms. The quantitative estimate of drug-likeness (QED) is 0.187. The zero-order valence-corrected chi connectivity index (χ0v) is 21.8. The Morgan fingerprint density at radius 3 is 2.47 bits per heavy atom. The Hall–Kier alpha value is -3.91. The molecule has 2 amide bonds. The summed E-state index contributed by atoms with van der Waals surface area (Å²) in [4.78, 5) is 25.0. The summed E-state index contributed by atoms with van der Waals surface area (Å²) in [5.74, 6) is -0.642. The number of nitrogens with one attached hydrogen (secondary N) is 2. The Bertz CT molecular complexity index is 1330. The van der Waals surface area contributed by atoms with Gasteiger partial charge in [-0.1, -0.05) is 18.2 Å². The van der Waals surface area contributed by atoms with E-state index >= 15 is 0 Å². The summed E-state index contributed by atoms with van der Waals surface area (Å²) >= 11 is 2.03. The summed E-state index contributed by atoms with van der Waals surface area (Å²) < 4.78 is 25.1. The third-order valence-electron chi connectivity index (χ3n) is 4.88. The van der Waals surface area contributed by atoms with E-state index in [4.69, 9.17) is 9.47 Å². The molecule has 184 valence electrons. The highest BCUT2D eigenvalue weighted by Crippen LogP contribution is 2.35. The average molecular weight is 599 g/mol. The predicted molar refractivity (Wildman–Crippen MR) is 144 cm³/mol. The number of hydrogen-bond acceptors (Lipinski definition) is 5. The molecule has 0 fully saturated rings. The van der Waals surface area contributed by atoms with Crippen molar-refractivity contribution in [3.63, 3.8) is 0 Å². The maximum absolute atomic E-state index is 13.1. The van der Waals surface area contributed by atoms with E-state index < -0.39 is 17.6 Å². The number of rotatable bonds is 9. The van der Waals surface area contributed by atoms with E-state index in [-0.39, 0.29) is 12.2 Å². The number of nitrogens with zero attached hydrogens (tertiary/aromatic N) is 1. The van der Waals surface area contributed by atoms with Gasteiger partial charge in [0.05, 0.1) is 10.2 Å². The number of hydrogen-bond donors (Lipinski definition) is 2. The van der Waals surface area contributed by atoms with Crippen LogP contribution >= 0.6 is 22.6 Å². The van der Waals surface area contributed by atoms with E-state index in [1.807, 2.05) is 47.7 Å². The summed E-state index contributed by atoms with van der Waals surface area (Å²) in [5, 5.41) is 15.0. The number of aryl methyl sites for hydroxylation is 1. The van der Waals surface area contributed by atoms with Gasteiger partial charge in [-0.3, -0.25) is 9.59 Å². The number of para-hydroxylation sites is 1. The highest BCUT2D eigenvalue weighted by Gasteiger charge is 2.16. The first kappa shape index (κ1) is 26.7. The van der Waals surface area contributed by atoms with Gasteiger partial charge in [-0.05, 0) is 96.1 Å². The summed E-state index contributed by atoms with van der Waals surface area (Å²) in [6, 6.07) is 18.0. The minimum absolute atomic E-state index is 0.0798. The van der Waals surface area contributed by atoms with Crippen LogP contribution in [0.3, 0.4) is 0 Å². The molecule has 0 unspecified atom stereocenters. The molecule has 0 aliphatic rings. The molecule has 0 aliphatic heterocycles. The third-order valence-corrected chi connectivity index (χ3v) is 5.68. The van der Waals surface area contributed by atoms with Crippen molar-refractivity contribution >= 4 is 51.9 Å². The van der Waals surface area contributed by atoms with Crippen LogP contribution in [-0.4, -0.2) is 25.0 Å². The molecule has 0 heterocycles. The maximum atomic E-state index is 13.1. The van der Waals surface area contributed by atoms with Gasteiger partial charge in [-0.25, -0.2) is 4.39 Å². The van der Waals surface area contributed by atoms with Gasteiger partial charge in [0, 0.05) is 11.4 Å². The number of ether oxygens (including phenoxy) is 2. The lowest BCUT2D eigenvalue weighted by Gasteiger charge is -2.15. The van der Waals surface area contributed by atoms with E-state index in [1.165, 1.54) is 30.3 Å². The Balaban J connectivity index is 1.77. The van der Waals surface area contributed by atoms with Crippen molar-refractivity contribution in [3.8, 4) is 17.6 Å². The summed E-state index contributed by atoms with van der Waals surface area (Å²) in [6.07, 6.45) is 1.46. The van der Waals surface area contributed by atoms with Gasteiger partial charge in [0.25, 0.3) is 11.8 Å². The fraction of sp³-hybridized carbons (Fsp3) is 0.148. The van der Waals surface area contributed by atoms with Crippen molar-refractivity contribution in [1.82, 2.24) is 0 Å². The molecule has 36 heavy (non-hydrogen) atoms. The van der Waals surface area contributed by atoms with Gasteiger partial charge < -0.3 is 20.1 Å². The first-order valence-corrected chi connectivity index (χ1v) is 12.0. The molecule has 0 radical (unpaired) electrons. The fourth-order valence-electron chi connectivity index (χ4n) is 3.16. The number of nitriles is 1. The minimum Gasteiger partial charge on any atom is -0.490 e. The molecule has 9 heteroatoms. The Kier molecular flexibility index (Phi) is 9.41. The van der Waals surface area contributed by atoms with Gasteiger partial charge in [-0.2, -0.15) is 5.26 Å². The Labute approximate surface area is 222 Å². The third kappa shape index (κ3) is 7.29. The van der Waals surface area contributed by atoms with Crippen LogP contribution < -0.4 is 20.1 Å². The maximum Gasteiger partial charge on any atom is 0.266 e. The highest BCUT2D eigenvalue weighted by molar-refractivity contribution is 14.1. The van der Waals surface area contributed by atoms with Gasteiger partial charge in [-0.15, -0.1) is 0 Å². The summed E-state index contributed by atoms with van der Waals surface area (Å²) in [7, 11) is 0. The molecule has 3 aromatic rings. The topological polar surface area (TPSA) is 100 Å². The van der Waals surface area contributed by atoms with E-state index in [1.54, 1.807) is 31.2 Å². The number of anilines is 2. The lowest BCUT2D eigenvalue weighted by Crippen LogP contribution is -2.20. The van der Waals surface area contributed by atoms with Crippen LogP contribution in [0.25, 0.3) is 6.08 Å². The SMILES string of the molecule is CCOc1cc(/C=C(/C#N)C(=O)Nc2ccccc2C)cc(I)c1OCC(=O)Nc1ccc(F)cc1. The second-order valence-corrected chi connectivity index (χ2v) is 8.71. The molecule has 0 aliphatic carbocycles. The first-order chi connectivity index (χ1) is 17.3. The van der Waals surface area contributed by atoms with Crippen LogP contribution in [0.4, 0.5) is 15.8 Å². The summed E-state index contributed by atoms with van der Waals surface area (Å²) in [5.41, 5.74) is 2.42. The van der Waals surface area contributed by atoms with E-state index in [0.29, 0.717) is 38.6 Å². The molecular weight excluding hydrogens is 576 g/mol. The Morgan fingerprint density at radius 1 is 1.08 bits per heavy atom. The largest absolute Gasteiger partial charge is 0.490 e. The zero-order chi connectivity index (χ0) is 26.1. The molecule has 0 aromatic heterocycles. The molecule has 2 N–H and O–H groups in total. The van der Waals surface area contributed by atoms with Crippen molar-refractivity contribution in [3.05, 3.63) is 86.8 Å². The lowest BCUT2D eigenvalue weighted by molar-refractivity contribution is -0.118. The number of carbonyl (C=O) groups excluding carboxylic acids is 2. The van der Waals surface area contributed by atoms with Crippen LogP contribution in [0.1, 0.15) is 18.1 Å². The molecule has 0 bridgehead atoms. The van der Waals surface area contributed by atoms with Crippen LogP contribution in [0.2, 0.25) is 0 Å². The number of carbonyl (C=O) groups is 2. The number of amides is 2.